The average molecular weight is 254 g/mol. The van der Waals surface area contributed by atoms with E-state index < -0.39 is 0 Å². The molecule has 0 spiro atoms. The Morgan fingerprint density at radius 2 is 1.61 bits per heavy atom. The molecule has 1 aliphatic carbocycles. The summed E-state index contributed by atoms with van der Waals surface area (Å²) in [6.45, 7) is 2.41. The van der Waals surface area contributed by atoms with Gasteiger partial charge < -0.3 is 15.0 Å². The molecule has 104 valence electrons. The van der Waals surface area contributed by atoms with Crippen LogP contribution in [0.2, 0.25) is 0 Å². The molecule has 2 fully saturated rings. The largest absolute Gasteiger partial charge is 0.469 e. The SMILES string of the molecule is COC(=O)C1CCC(NC2CCN(C)CC2)CC1. The van der Waals surface area contributed by atoms with Gasteiger partial charge in [0, 0.05) is 12.1 Å². The van der Waals surface area contributed by atoms with Gasteiger partial charge in [0.1, 0.15) is 0 Å². The Labute approximate surface area is 110 Å². The van der Waals surface area contributed by atoms with E-state index in [0.29, 0.717) is 12.1 Å². The zero-order chi connectivity index (χ0) is 13.0. The quantitative estimate of drug-likeness (QED) is 0.773. The van der Waals surface area contributed by atoms with Gasteiger partial charge >= 0.3 is 5.97 Å². The van der Waals surface area contributed by atoms with Gasteiger partial charge in [0.05, 0.1) is 13.0 Å². The van der Waals surface area contributed by atoms with Crippen molar-refractivity contribution in [2.75, 3.05) is 27.2 Å². The molecule has 0 aromatic heterocycles. The summed E-state index contributed by atoms with van der Waals surface area (Å²) in [5.74, 6) is 0.123. The number of carbonyl (C=O) groups excluding carboxylic acids is 1. The van der Waals surface area contributed by atoms with Crippen LogP contribution in [0.3, 0.4) is 0 Å². The van der Waals surface area contributed by atoms with Gasteiger partial charge in [0.15, 0.2) is 0 Å². The van der Waals surface area contributed by atoms with Crippen molar-refractivity contribution in [3.05, 3.63) is 0 Å². The van der Waals surface area contributed by atoms with E-state index >= 15 is 0 Å². The van der Waals surface area contributed by atoms with Crippen LogP contribution in [-0.2, 0) is 9.53 Å². The molecular weight excluding hydrogens is 228 g/mol. The van der Waals surface area contributed by atoms with Crippen molar-refractivity contribution >= 4 is 5.97 Å². The molecule has 0 aromatic rings. The number of hydrogen-bond acceptors (Lipinski definition) is 4. The lowest BCUT2D eigenvalue weighted by Crippen LogP contribution is -2.46. The topological polar surface area (TPSA) is 41.6 Å². The molecule has 4 heteroatoms. The normalized spacial score (nSPS) is 31.2. The molecule has 0 bridgehead atoms. The average Bonchev–Trinajstić information content (AvgIpc) is 2.41. The summed E-state index contributed by atoms with van der Waals surface area (Å²) in [6.07, 6.45) is 6.72. The van der Waals surface area contributed by atoms with E-state index in [1.54, 1.807) is 0 Å². The molecule has 0 aromatic carbocycles. The van der Waals surface area contributed by atoms with Crippen molar-refractivity contribution in [1.82, 2.24) is 10.2 Å². The highest BCUT2D eigenvalue weighted by Crippen LogP contribution is 2.26. The van der Waals surface area contributed by atoms with E-state index in [-0.39, 0.29) is 11.9 Å². The Balaban J connectivity index is 1.69. The number of methoxy groups -OCH3 is 1. The Morgan fingerprint density at radius 3 is 2.17 bits per heavy atom. The first-order valence-electron chi connectivity index (χ1n) is 7.21. The number of piperidine rings is 1. The molecule has 2 aliphatic rings. The van der Waals surface area contributed by atoms with E-state index in [9.17, 15) is 4.79 Å². The third-order valence-electron chi connectivity index (χ3n) is 4.45. The third kappa shape index (κ3) is 3.69. The molecule has 1 N–H and O–H groups in total. The second-order valence-electron chi connectivity index (χ2n) is 5.82. The molecule has 1 aliphatic heterocycles. The highest BCUT2D eigenvalue weighted by molar-refractivity contribution is 5.72. The van der Waals surface area contributed by atoms with Gasteiger partial charge in [0.2, 0.25) is 0 Å². The summed E-state index contributed by atoms with van der Waals surface area (Å²) in [7, 11) is 3.68. The molecule has 0 atom stereocenters. The van der Waals surface area contributed by atoms with Crippen molar-refractivity contribution in [2.45, 2.75) is 50.6 Å². The van der Waals surface area contributed by atoms with Gasteiger partial charge in [-0.2, -0.15) is 0 Å². The third-order valence-corrected chi connectivity index (χ3v) is 4.45. The Morgan fingerprint density at radius 1 is 1.06 bits per heavy atom. The lowest BCUT2D eigenvalue weighted by atomic mass is 9.85. The van der Waals surface area contributed by atoms with Gasteiger partial charge in [-0.1, -0.05) is 0 Å². The van der Waals surface area contributed by atoms with Crippen LogP contribution in [0.4, 0.5) is 0 Å². The number of carbonyl (C=O) groups is 1. The molecule has 0 unspecified atom stereocenters. The van der Waals surface area contributed by atoms with Gasteiger partial charge in [-0.25, -0.2) is 0 Å². The van der Waals surface area contributed by atoms with Crippen LogP contribution in [0, 0.1) is 5.92 Å². The first-order chi connectivity index (χ1) is 8.69. The predicted octanol–water partition coefficient (Wildman–Crippen LogP) is 1.40. The van der Waals surface area contributed by atoms with E-state index in [2.05, 4.69) is 17.3 Å². The number of hydrogen-bond donors (Lipinski definition) is 1. The molecule has 1 saturated carbocycles. The monoisotopic (exact) mass is 254 g/mol. The number of ether oxygens (including phenoxy) is 1. The fourth-order valence-electron chi connectivity index (χ4n) is 3.17. The van der Waals surface area contributed by atoms with Crippen LogP contribution in [0.15, 0.2) is 0 Å². The molecule has 1 saturated heterocycles. The van der Waals surface area contributed by atoms with Crippen molar-refractivity contribution in [3.63, 3.8) is 0 Å². The van der Waals surface area contributed by atoms with Gasteiger partial charge in [0.25, 0.3) is 0 Å². The minimum Gasteiger partial charge on any atom is -0.469 e. The summed E-state index contributed by atoms with van der Waals surface area (Å²) >= 11 is 0. The lowest BCUT2D eigenvalue weighted by Gasteiger charge is -2.35. The second kappa shape index (κ2) is 6.53. The van der Waals surface area contributed by atoms with Gasteiger partial charge in [-0.3, -0.25) is 4.79 Å². The standard InChI is InChI=1S/C14H26N2O2/c1-16-9-7-13(8-10-16)15-12-5-3-11(4-6-12)14(17)18-2/h11-13,15H,3-10H2,1-2H3. The number of esters is 1. The van der Waals surface area contributed by atoms with Crippen LogP contribution in [-0.4, -0.2) is 50.2 Å². The smallest absolute Gasteiger partial charge is 0.308 e. The number of nitrogens with zero attached hydrogens (tertiary/aromatic N) is 1. The lowest BCUT2D eigenvalue weighted by molar-refractivity contribution is -0.146. The van der Waals surface area contributed by atoms with Crippen LogP contribution in [0.25, 0.3) is 0 Å². The van der Waals surface area contributed by atoms with Gasteiger partial charge in [-0.15, -0.1) is 0 Å². The van der Waals surface area contributed by atoms with Crippen LogP contribution >= 0.6 is 0 Å². The maximum absolute atomic E-state index is 11.5. The molecule has 0 amide bonds. The Bertz CT molecular complexity index is 267. The minimum atomic E-state index is -0.0206. The van der Waals surface area contributed by atoms with Crippen molar-refractivity contribution in [2.24, 2.45) is 5.92 Å². The summed E-state index contributed by atoms with van der Waals surface area (Å²) in [5.41, 5.74) is 0. The van der Waals surface area contributed by atoms with E-state index in [1.807, 2.05) is 0 Å². The molecule has 1 heterocycles. The second-order valence-corrected chi connectivity index (χ2v) is 5.82. The number of nitrogens with one attached hydrogen (secondary N) is 1. The Hall–Kier alpha value is -0.610. The molecule has 0 radical (unpaired) electrons. The van der Waals surface area contributed by atoms with Gasteiger partial charge in [-0.05, 0) is 58.7 Å². The molecule has 2 rings (SSSR count). The minimum absolute atomic E-state index is 0.0206. The maximum atomic E-state index is 11.5. The summed E-state index contributed by atoms with van der Waals surface area (Å²) in [4.78, 5) is 13.8. The first kappa shape index (κ1) is 13.8. The van der Waals surface area contributed by atoms with Crippen LogP contribution < -0.4 is 5.32 Å². The highest BCUT2D eigenvalue weighted by Gasteiger charge is 2.28. The zero-order valence-electron chi connectivity index (χ0n) is 11.7. The summed E-state index contributed by atoms with van der Waals surface area (Å²) in [5, 5.41) is 3.78. The maximum Gasteiger partial charge on any atom is 0.308 e. The predicted molar refractivity (Wildman–Crippen MR) is 71.4 cm³/mol. The molecular formula is C14H26N2O2. The van der Waals surface area contributed by atoms with E-state index in [0.717, 1.165) is 25.7 Å². The fraction of sp³-hybridized carbons (Fsp3) is 0.929. The summed E-state index contributed by atoms with van der Waals surface area (Å²) in [6, 6.07) is 1.29. The molecule has 4 nitrogen and oxygen atoms in total. The molecule has 18 heavy (non-hydrogen) atoms. The van der Waals surface area contributed by atoms with E-state index in [1.165, 1.54) is 33.0 Å². The Kier molecular flexibility index (Phi) is 5.01. The number of likely N-dealkylation sites (tertiary alicyclic amines) is 1. The van der Waals surface area contributed by atoms with Crippen molar-refractivity contribution in [3.8, 4) is 0 Å². The van der Waals surface area contributed by atoms with Crippen molar-refractivity contribution in [1.29, 1.82) is 0 Å². The zero-order valence-corrected chi connectivity index (χ0v) is 11.7. The summed E-state index contributed by atoms with van der Waals surface area (Å²) < 4.78 is 4.82. The fourth-order valence-corrected chi connectivity index (χ4v) is 3.17. The highest BCUT2D eigenvalue weighted by atomic mass is 16.5. The first-order valence-corrected chi connectivity index (χ1v) is 7.21. The van der Waals surface area contributed by atoms with E-state index in [4.69, 9.17) is 4.74 Å². The van der Waals surface area contributed by atoms with Crippen molar-refractivity contribution < 1.29 is 9.53 Å². The van der Waals surface area contributed by atoms with Crippen LogP contribution in [0.1, 0.15) is 38.5 Å². The van der Waals surface area contributed by atoms with Crippen LogP contribution in [0.5, 0.6) is 0 Å². The number of rotatable bonds is 3.